The molecule has 0 aliphatic carbocycles. The number of rotatable bonds is 5. The summed E-state index contributed by atoms with van der Waals surface area (Å²) in [7, 11) is 0. The van der Waals surface area contributed by atoms with Gasteiger partial charge in [-0.2, -0.15) is 0 Å². The summed E-state index contributed by atoms with van der Waals surface area (Å²) in [6.45, 7) is 0. The monoisotopic (exact) mass is 418 g/mol. The van der Waals surface area contributed by atoms with Crippen LogP contribution in [0.25, 0.3) is 10.2 Å². The van der Waals surface area contributed by atoms with Gasteiger partial charge in [-0.15, -0.1) is 11.3 Å². The second kappa shape index (κ2) is 7.59. The van der Waals surface area contributed by atoms with Crippen LogP contribution in [0.15, 0.2) is 47.8 Å². The van der Waals surface area contributed by atoms with E-state index in [1.165, 1.54) is 34.8 Å². The molecule has 136 valence electrons. The highest BCUT2D eigenvalue weighted by Crippen LogP contribution is 2.28. The first-order valence-electron chi connectivity index (χ1n) is 7.88. The molecule has 0 aliphatic heterocycles. The molecule has 0 bridgehead atoms. The van der Waals surface area contributed by atoms with Crippen molar-refractivity contribution in [1.29, 1.82) is 0 Å². The molecule has 2 aromatic heterocycles. The van der Waals surface area contributed by atoms with Crippen LogP contribution in [0.1, 0.15) is 5.69 Å². The summed E-state index contributed by atoms with van der Waals surface area (Å²) in [5.41, 5.74) is 2.17. The van der Waals surface area contributed by atoms with Crippen LogP contribution < -0.4 is 10.6 Å². The zero-order valence-corrected chi connectivity index (χ0v) is 16.1. The summed E-state index contributed by atoms with van der Waals surface area (Å²) in [4.78, 5) is 21.0. The number of halogens is 2. The van der Waals surface area contributed by atoms with Gasteiger partial charge in [0.05, 0.1) is 22.3 Å². The summed E-state index contributed by atoms with van der Waals surface area (Å²) < 4.78 is 13.9. The number of benzene rings is 2. The van der Waals surface area contributed by atoms with Crippen molar-refractivity contribution in [1.82, 2.24) is 9.97 Å². The predicted molar refractivity (Wildman–Crippen MR) is 109 cm³/mol. The summed E-state index contributed by atoms with van der Waals surface area (Å²) in [5.74, 6) is -0.493. The lowest BCUT2D eigenvalue weighted by molar-refractivity contribution is -0.115. The highest BCUT2D eigenvalue weighted by atomic mass is 35.5. The third-order valence-corrected chi connectivity index (χ3v) is 5.56. The van der Waals surface area contributed by atoms with Crippen molar-refractivity contribution in [2.75, 3.05) is 10.6 Å². The van der Waals surface area contributed by atoms with E-state index in [0.717, 1.165) is 15.9 Å². The van der Waals surface area contributed by atoms with Crippen molar-refractivity contribution in [2.24, 2.45) is 0 Å². The summed E-state index contributed by atoms with van der Waals surface area (Å²) in [6, 6.07) is 11.4. The maximum absolute atomic E-state index is 12.9. The highest BCUT2D eigenvalue weighted by molar-refractivity contribution is 7.22. The van der Waals surface area contributed by atoms with E-state index in [-0.39, 0.29) is 18.1 Å². The van der Waals surface area contributed by atoms with Crippen LogP contribution in [0.2, 0.25) is 5.02 Å². The summed E-state index contributed by atoms with van der Waals surface area (Å²) in [5, 5.41) is 9.48. The lowest BCUT2D eigenvalue weighted by atomic mass is 10.3. The Kier molecular flexibility index (Phi) is 5.02. The van der Waals surface area contributed by atoms with Gasteiger partial charge in [0, 0.05) is 16.1 Å². The molecular formula is C18H12ClFN4OS2. The molecule has 0 aliphatic rings. The van der Waals surface area contributed by atoms with Gasteiger partial charge in [-0.1, -0.05) is 22.9 Å². The van der Waals surface area contributed by atoms with E-state index >= 15 is 0 Å². The number of nitrogens with one attached hydrogen (secondary N) is 2. The molecule has 4 aromatic rings. The molecule has 0 spiro atoms. The average Bonchev–Trinajstić information content (AvgIpc) is 3.22. The normalized spacial score (nSPS) is 10.9. The zero-order chi connectivity index (χ0) is 18.8. The quantitative estimate of drug-likeness (QED) is 0.451. The molecular weight excluding hydrogens is 407 g/mol. The van der Waals surface area contributed by atoms with E-state index in [1.54, 1.807) is 18.2 Å². The number of amides is 1. The Morgan fingerprint density at radius 2 is 1.93 bits per heavy atom. The smallest absolute Gasteiger partial charge is 0.232 e. The molecule has 0 radical (unpaired) electrons. The molecule has 0 fully saturated rings. The molecule has 0 saturated heterocycles. The SMILES string of the molecule is O=C(Cc1csc(Nc2ccc(F)cc2)n1)Nc1nc2ccc(Cl)cc2s1. The molecule has 0 saturated carbocycles. The van der Waals surface area contributed by atoms with Crippen LogP contribution in [-0.2, 0) is 11.2 Å². The first kappa shape index (κ1) is 17.8. The Hall–Kier alpha value is -2.55. The number of anilines is 3. The molecule has 0 unspecified atom stereocenters. The van der Waals surface area contributed by atoms with Crippen LogP contribution in [0.5, 0.6) is 0 Å². The minimum atomic E-state index is -0.297. The molecule has 2 aromatic carbocycles. The molecule has 5 nitrogen and oxygen atoms in total. The third-order valence-electron chi connectivity index (χ3n) is 3.59. The molecule has 2 N–H and O–H groups in total. The standard InChI is InChI=1S/C18H12ClFN4OS2/c19-10-1-6-14-15(7-10)27-18(23-14)24-16(25)8-13-9-26-17(22-13)21-12-4-2-11(20)3-5-12/h1-7,9H,8H2,(H,21,22)(H,23,24,25). The number of thiazole rings is 2. The van der Waals surface area contributed by atoms with Crippen molar-refractivity contribution in [2.45, 2.75) is 6.42 Å². The van der Waals surface area contributed by atoms with Gasteiger partial charge >= 0.3 is 0 Å². The van der Waals surface area contributed by atoms with E-state index in [9.17, 15) is 9.18 Å². The van der Waals surface area contributed by atoms with Gasteiger partial charge in [-0.3, -0.25) is 4.79 Å². The Balaban J connectivity index is 1.39. The van der Waals surface area contributed by atoms with Crippen LogP contribution in [0, 0.1) is 5.82 Å². The lowest BCUT2D eigenvalue weighted by Crippen LogP contribution is -2.14. The number of carbonyl (C=O) groups excluding carboxylic acids is 1. The van der Waals surface area contributed by atoms with Gasteiger partial charge in [0.15, 0.2) is 10.3 Å². The van der Waals surface area contributed by atoms with Gasteiger partial charge in [0.2, 0.25) is 5.91 Å². The van der Waals surface area contributed by atoms with E-state index in [2.05, 4.69) is 20.6 Å². The van der Waals surface area contributed by atoms with Crippen LogP contribution in [0.4, 0.5) is 20.3 Å². The Labute approximate surface area is 166 Å². The van der Waals surface area contributed by atoms with E-state index in [4.69, 9.17) is 11.6 Å². The van der Waals surface area contributed by atoms with Crippen molar-refractivity contribution < 1.29 is 9.18 Å². The number of fused-ring (bicyclic) bond motifs is 1. The van der Waals surface area contributed by atoms with Gasteiger partial charge in [0.25, 0.3) is 0 Å². The largest absolute Gasteiger partial charge is 0.332 e. The fraction of sp³-hybridized carbons (Fsp3) is 0.0556. The Morgan fingerprint density at radius 3 is 2.74 bits per heavy atom. The topological polar surface area (TPSA) is 66.9 Å². The Bertz CT molecular complexity index is 1110. The van der Waals surface area contributed by atoms with Gasteiger partial charge in [0.1, 0.15) is 5.82 Å². The predicted octanol–water partition coefficient (Wildman–Crippen LogP) is 5.47. The van der Waals surface area contributed by atoms with Crippen LogP contribution >= 0.6 is 34.3 Å². The highest BCUT2D eigenvalue weighted by Gasteiger charge is 2.11. The van der Waals surface area contributed by atoms with Crippen LogP contribution in [-0.4, -0.2) is 15.9 Å². The van der Waals surface area contributed by atoms with Crippen molar-refractivity contribution in [3.63, 3.8) is 0 Å². The van der Waals surface area contributed by atoms with Crippen LogP contribution in [0.3, 0.4) is 0 Å². The molecule has 4 rings (SSSR count). The van der Waals surface area contributed by atoms with Crippen molar-refractivity contribution in [3.8, 4) is 0 Å². The first-order chi connectivity index (χ1) is 13.0. The number of hydrogen-bond donors (Lipinski definition) is 2. The molecule has 1 amide bonds. The molecule has 0 atom stereocenters. The summed E-state index contributed by atoms with van der Waals surface area (Å²) in [6.07, 6.45) is 0.137. The van der Waals surface area contributed by atoms with Crippen molar-refractivity contribution in [3.05, 3.63) is 64.4 Å². The van der Waals surface area contributed by atoms with Gasteiger partial charge in [-0.25, -0.2) is 14.4 Å². The van der Waals surface area contributed by atoms with Gasteiger partial charge < -0.3 is 10.6 Å². The van der Waals surface area contributed by atoms with E-state index in [0.29, 0.717) is 21.0 Å². The molecule has 27 heavy (non-hydrogen) atoms. The van der Waals surface area contributed by atoms with E-state index < -0.39 is 0 Å². The molecule has 9 heteroatoms. The molecule has 2 heterocycles. The fourth-order valence-corrected chi connectivity index (χ4v) is 4.27. The average molecular weight is 419 g/mol. The number of aromatic nitrogens is 2. The number of carbonyl (C=O) groups is 1. The second-order valence-electron chi connectivity index (χ2n) is 5.63. The first-order valence-corrected chi connectivity index (χ1v) is 9.95. The maximum Gasteiger partial charge on any atom is 0.232 e. The summed E-state index contributed by atoms with van der Waals surface area (Å²) >= 11 is 8.72. The zero-order valence-electron chi connectivity index (χ0n) is 13.7. The minimum Gasteiger partial charge on any atom is -0.332 e. The van der Waals surface area contributed by atoms with Gasteiger partial charge in [-0.05, 0) is 42.5 Å². The number of hydrogen-bond acceptors (Lipinski definition) is 6. The third kappa shape index (κ3) is 4.41. The Morgan fingerprint density at radius 1 is 1.11 bits per heavy atom. The maximum atomic E-state index is 12.9. The van der Waals surface area contributed by atoms with Crippen molar-refractivity contribution >= 4 is 66.3 Å². The lowest BCUT2D eigenvalue weighted by Gasteiger charge is -2.01. The minimum absolute atomic E-state index is 0.137. The van der Waals surface area contributed by atoms with E-state index in [1.807, 2.05) is 17.5 Å². The fourth-order valence-electron chi connectivity index (χ4n) is 2.38. The second-order valence-corrected chi connectivity index (χ2v) is 7.96. The number of nitrogens with zero attached hydrogens (tertiary/aromatic N) is 2.